The SMILES string of the molecule is COc1ccc([C@H]2CCCN2C(=O)c2cccc(S(=O)(=O)NCc3cccs3)c2)cc1. The molecule has 1 N–H and O–H groups in total. The number of nitrogens with zero attached hydrogens (tertiary/aromatic N) is 1. The third kappa shape index (κ3) is 4.81. The van der Waals surface area contributed by atoms with Gasteiger partial charge in [-0.05, 0) is 60.2 Å². The van der Waals surface area contributed by atoms with Gasteiger partial charge in [0.15, 0.2) is 0 Å². The molecule has 2 aromatic carbocycles. The van der Waals surface area contributed by atoms with Crippen molar-refractivity contribution in [3.05, 3.63) is 82.0 Å². The van der Waals surface area contributed by atoms with E-state index >= 15 is 0 Å². The standard InChI is InChI=1S/C23H24N2O4S2/c1-29-19-11-9-17(10-12-19)22-8-3-13-25(22)23(26)18-5-2-7-21(15-18)31(27,28)24-16-20-6-4-14-30-20/h2,4-7,9-12,14-15,22,24H,3,8,13,16H2,1H3/t22-/m1/s1. The minimum absolute atomic E-state index is 0.0318. The van der Waals surface area contributed by atoms with Gasteiger partial charge in [-0.2, -0.15) is 0 Å². The van der Waals surface area contributed by atoms with Gasteiger partial charge in [-0.25, -0.2) is 13.1 Å². The Bertz CT molecular complexity index is 1140. The number of sulfonamides is 1. The zero-order chi connectivity index (χ0) is 21.8. The number of carbonyl (C=O) groups is 1. The fourth-order valence-corrected chi connectivity index (χ4v) is 5.60. The van der Waals surface area contributed by atoms with E-state index in [4.69, 9.17) is 4.74 Å². The molecule has 1 amide bonds. The Balaban J connectivity index is 1.52. The van der Waals surface area contributed by atoms with Crippen molar-refractivity contribution in [1.82, 2.24) is 9.62 Å². The smallest absolute Gasteiger partial charge is 0.254 e. The van der Waals surface area contributed by atoms with E-state index in [2.05, 4.69) is 4.72 Å². The molecule has 0 bridgehead atoms. The quantitative estimate of drug-likeness (QED) is 0.578. The van der Waals surface area contributed by atoms with Crippen LogP contribution in [0.1, 0.15) is 39.7 Å². The van der Waals surface area contributed by atoms with Gasteiger partial charge in [-0.3, -0.25) is 4.79 Å². The molecular formula is C23H24N2O4S2. The van der Waals surface area contributed by atoms with Gasteiger partial charge in [0.1, 0.15) is 5.75 Å². The molecule has 0 aliphatic carbocycles. The van der Waals surface area contributed by atoms with Crippen LogP contribution in [-0.2, 0) is 16.6 Å². The summed E-state index contributed by atoms with van der Waals surface area (Å²) in [6.45, 7) is 0.868. The number of amides is 1. The Morgan fingerprint density at radius 3 is 2.68 bits per heavy atom. The summed E-state index contributed by atoms with van der Waals surface area (Å²) in [6, 6.07) is 17.7. The van der Waals surface area contributed by atoms with Crippen LogP contribution >= 0.6 is 11.3 Å². The first-order valence-corrected chi connectivity index (χ1v) is 12.4. The Morgan fingerprint density at radius 2 is 1.97 bits per heavy atom. The summed E-state index contributed by atoms with van der Waals surface area (Å²) in [4.78, 5) is 16.1. The second kappa shape index (κ2) is 9.21. The van der Waals surface area contributed by atoms with Gasteiger partial charge in [0.2, 0.25) is 10.0 Å². The Kier molecular flexibility index (Phi) is 6.41. The first kappa shape index (κ1) is 21.5. The fraction of sp³-hybridized carbons (Fsp3) is 0.261. The predicted octanol–water partition coefficient (Wildman–Crippen LogP) is 4.21. The second-order valence-corrected chi connectivity index (χ2v) is 10.2. The number of thiophene rings is 1. The van der Waals surface area contributed by atoms with E-state index in [-0.39, 0.29) is 23.4 Å². The number of hydrogen-bond donors (Lipinski definition) is 1. The lowest BCUT2D eigenvalue weighted by atomic mass is 10.0. The van der Waals surface area contributed by atoms with Crippen molar-refractivity contribution in [3.8, 4) is 5.75 Å². The second-order valence-electron chi connectivity index (χ2n) is 7.36. The van der Waals surface area contributed by atoms with Crippen LogP contribution in [-0.4, -0.2) is 32.9 Å². The van der Waals surface area contributed by atoms with E-state index in [1.165, 1.54) is 23.5 Å². The summed E-state index contributed by atoms with van der Waals surface area (Å²) < 4.78 is 33.3. The molecule has 1 aromatic heterocycles. The van der Waals surface area contributed by atoms with Gasteiger partial charge in [0.25, 0.3) is 5.91 Å². The average Bonchev–Trinajstić information content (AvgIpc) is 3.50. The Morgan fingerprint density at radius 1 is 1.16 bits per heavy atom. The van der Waals surface area contributed by atoms with Gasteiger partial charge in [-0.1, -0.05) is 24.3 Å². The molecule has 0 saturated carbocycles. The lowest BCUT2D eigenvalue weighted by Gasteiger charge is -2.25. The normalized spacial score (nSPS) is 16.4. The summed E-state index contributed by atoms with van der Waals surface area (Å²) in [5.41, 5.74) is 1.42. The van der Waals surface area contributed by atoms with Gasteiger partial charge < -0.3 is 9.64 Å². The largest absolute Gasteiger partial charge is 0.497 e. The monoisotopic (exact) mass is 456 g/mol. The van der Waals surface area contributed by atoms with Crippen LogP contribution in [0.3, 0.4) is 0 Å². The Hall–Kier alpha value is -2.68. The molecule has 6 nitrogen and oxygen atoms in total. The molecular weight excluding hydrogens is 432 g/mol. The van der Waals surface area contributed by atoms with Crippen molar-refractivity contribution >= 4 is 27.3 Å². The zero-order valence-corrected chi connectivity index (χ0v) is 18.8. The minimum Gasteiger partial charge on any atom is -0.497 e. The number of carbonyl (C=O) groups excluding carboxylic acids is 1. The van der Waals surface area contributed by atoms with Crippen LogP contribution in [0.15, 0.2) is 70.9 Å². The van der Waals surface area contributed by atoms with Crippen molar-refractivity contribution < 1.29 is 17.9 Å². The van der Waals surface area contributed by atoms with E-state index in [0.717, 1.165) is 29.0 Å². The number of hydrogen-bond acceptors (Lipinski definition) is 5. The zero-order valence-electron chi connectivity index (χ0n) is 17.2. The molecule has 8 heteroatoms. The number of methoxy groups -OCH3 is 1. The highest BCUT2D eigenvalue weighted by molar-refractivity contribution is 7.89. The van der Waals surface area contributed by atoms with Crippen LogP contribution in [0.25, 0.3) is 0 Å². The van der Waals surface area contributed by atoms with Crippen molar-refractivity contribution in [2.45, 2.75) is 30.3 Å². The molecule has 0 spiro atoms. The van der Waals surface area contributed by atoms with Crippen LogP contribution in [0.2, 0.25) is 0 Å². The maximum absolute atomic E-state index is 13.3. The summed E-state index contributed by atoms with van der Waals surface area (Å²) in [5, 5.41) is 1.90. The molecule has 0 radical (unpaired) electrons. The maximum atomic E-state index is 13.3. The topological polar surface area (TPSA) is 75.7 Å². The highest BCUT2D eigenvalue weighted by atomic mass is 32.2. The van der Waals surface area contributed by atoms with E-state index < -0.39 is 10.0 Å². The third-order valence-electron chi connectivity index (χ3n) is 5.42. The van der Waals surface area contributed by atoms with Gasteiger partial charge in [0.05, 0.1) is 18.0 Å². The highest BCUT2D eigenvalue weighted by Crippen LogP contribution is 2.34. The first-order chi connectivity index (χ1) is 15.0. The average molecular weight is 457 g/mol. The van der Waals surface area contributed by atoms with Crippen LogP contribution in [0, 0.1) is 0 Å². The van der Waals surface area contributed by atoms with Gasteiger partial charge in [-0.15, -0.1) is 11.3 Å². The molecule has 1 atom stereocenters. The first-order valence-electron chi connectivity index (χ1n) is 10.0. The number of likely N-dealkylation sites (tertiary alicyclic amines) is 1. The molecule has 3 aromatic rings. The van der Waals surface area contributed by atoms with Crippen molar-refractivity contribution in [1.29, 1.82) is 0 Å². The minimum atomic E-state index is -3.72. The van der Waals surface area contributed by atoms with E-state index in [9.17, 15) is 13.2 Å². The molecule has 1 fully saturated rings. The summed E-state index contributed by atoms with van der Waals surface area (Å²) in [7, 11) is -2.10. The molecule has 1 aliphatic rings. The lowest BCUT2D eigenvalue weighted by molar-refractivity contribution is 0.0735. The lowest BCUT2D eigenvalue weighted by Crippen LogP contribution is -2.31. The van der Waals surface area contributed by atoms with Crippen molar-refractivity contribution in [2.75, 3.05) is 13.7 Å². The molecule has 0 unspecified atom stereocenters. The Labute approximate surface area is 186 Å². The molecule has 162 valence electrons. The molecule has 1 saturated heterocycles. The van der Waals surface area contributed by atoms with E-state index in [0.29, 0.717) is 12.1 Å². The van der Waals surface area contributed by atoms with E-state index in [1.54, 1.807) is 19.2 Å². The number of benzene rings is 2. The molecule has 4 rings (SSSR count). The van der Waals surface area contributed by atoms with Crippen LogP contribution in [0.5, 0.6) is 5.75 Å². The maximum Gasteiger partial charge on any atom is 0.254 e. The summed E-state index contributed by atoms with van der Waals surface area (Å²) >= 11 is 1.49. The fourth-order valence-electron chi connectivity index (χ4n) is 3.81. The number of nitrogens with one attached hydrogen (secondary N) is 1. The molecule has 1 aliphatic heterocycles. The van der Waals surface area contributed by atoms with Gasteiger partial charge in [0, 0.05) is 23.5 Å². The van der Waals surface area contributed by atoms with Crippen molar-refractivity contribution in [2.24, 2.45) is 0 Å². The van der Waals surface area contributed by atoms with Gasteiger partial charge >= 0.3 is 0 Å². The predicted molar refractivity (Wildman–Crippen MR) is 121 cm³/mol. The molecule has 2 heterocycles. The third-order valence-corrected chi connectivity index (χ3v) is 7.70. The summed E-state index contributed by atoms with van der Waals surface area (Å²) in [6.07, 6.45) is 1.78. The van der Waals surface area contributed by atoms with E-state index in [1.807, 2.05) is 46.7 Å². The number of rotatable bonds is 7. The van der Waals surface area contributed by atoms with Crippen molar-refractivity contribution in [3.63, 3.8) is 0 Å². The highest BCUT2D eigenvalue weighted by Gasteiger charge is 2.31. The summed E-state index contributed by atoms with van der Waals surface area (Å²) in [5.74, 6) is 0.612. The number of ether oxygens (including phenoxy) is 1. The van der Waals surface area contributed by atoms with Crippen LogP contribution in [0.4, 0.5) is 0 Å². The molecule has 31 heavy (non-hydrogen) atoms. The van der Waals surface area contributed by atoms with Crippen LogP contribution < -0.4 is 9.46 Å².